The first-order valence-electron chi connectivity index (χ1n) is 3.77. The molecule has 1 aromatic rings. The second kappa shape index (κ2) is 3.67. The van der Waals surface area contributed by atoms with E-state index < -0.39 is 22.4 Å². The fraction of sp³-hybridized carbons (Fsp3) is 0.222. The molecule has 0 spiro atoms. The SMILES string of the molecule is CC(O)(C(=O)S)c1ccc(F)cc1F. The minimum absolute atomic E-state index is 0.293. The van der Waals surface area contributed by atoms with Crippen LogP contribution in [0.2, 0.25) is 0 Å². The molecule has 1 atom stereocenters. The van der Waals surface area contributed by atoms with Crippen LogP contribution in [0.25, 0.3) is 0 Å². The van der Waals surface area contributed by atoms with Crippen LogP contribution in [-0.2, 0) is 10.4 Å². The van der Waals surface area contributed by atoms with Crippen molar-refractivity contribution >= 4 is 17.7 Å². The van der Waals surface area contributed by atoms with Crippen LogP contribution < -0.4 is 0 Å². The van der Waals surface area contributed by atoms with Gasteiger partial charge in [0.05, 0.1) is 0 Å². The molecule has 1 aromatic carbocycles. The first kappa shape index (κ1) is 11.1. The standard InChI is InChI=1S/C9H8F2O2S/c1-9(13,8(12)14)6-3-2-5(10)4-7(6)11/h2-4,13H,1H3,(H,12,14). The Kier molecular flexibility index (Phi) is 2.92. The largest absolute Gasteiger partial charge is 0.377 e. The molecule has 0 saturated heterocycles. The van der Waals surface area contributed by atoms with Gasteiger partial charge in [0.15, 0.2) is 5.60 Å². The summed E-state index contributed by atoms with van der Waals surface area (Å²) in [6.07, 6.45) is 0. The number of benzene rings is 1. The van der Waals surface area contributed by atoms with Crippen LogP contribution in [0.1, 0.15) is 12.5 Å². The molecule has 14 heavy (non-hydrogen) atoms. The number of hydrogen-bond acceptors (Lipinski definition) is 2. The third-order valence-corrected chi connectivity index (χ3v) is 2.31. The number of thiol groups is 1. The monoisotopic (exact) mass is 218 g/mol. The van der Waals surface area contributed by atoms with E-state index in [4.69, 9.17) is 0 Å². The molecule has 0 bridgehead atoms. The maximum Gasteiger partial charge on any atom is 0.221 e. The third-order valence-electron chi connectivity index (χ3n) is 1.87. The second-order valence-electron chi connectivity index (χ2n) is 3.00. The van der Waals surface area contributed by atoms with Crippen LogP contribution in [0.5, 0.6) is 0 Å². The number of carbonyl (C=O) groups is 1. The zero-order chi connectivity index (χ0) is 10.9. The normalized spacial score (nSPS) is 14.9. The molecule has 0 fully saturated rings. The van der Waals surface area contributed by atoms with Crippen molar-refractivity contribution in [2.75, 3.05) is 0 Å². The minimum Gasteiger partial charge on any atom is -0.377 e. The van der Waals surface area contributed by atoms with Crippen molar-refractivity contribution in [1.82, 2.24) is 0 Å². The van der Waals surface area contributed by atoms with Gasteiger partial charge in [0, 0.05) is 11.6 Å². The Bertz CT molecular complexity index is 377. The smallest absolute Gasteiger partial charge is 0.221 e. The van der Waals surface area contributed by atoms with E-state index >= 15 is 0 Å². The molecular weight excluding hydrogens is 210 g/mol. The quantitative estimate of drug-likeness (QED) is 0.740. The van der Waals surface area contributed by atoms with E-state index in [-0.39, 0.29) is 5.56 Å². The topological polar surface area (TPSA) is 37.3 Å². The molecule has 76 valence electrons. The fourth-order valence-corrected chi connectivity index (χ4v) is 1.12. The molecule has 0 aliphatic carbocycles. The molecular formula is C9H8F2O2S. The Hall–Kier alpha value is -0.940. The highest BCUT2D eigenvalue weighted by Crippen LogP contribution is 2.26. The minimum atomic E-state index is -2.04. The maximum absolute atomic E-state index is 13.1. The number of aliphatic hydroxyl groups is 1. The molecule has 0 radical (unpaired) electrons. The molecule has 1 N–H and O–H groups in total. The number of carbonyl (C=O) groups excluding carboxylic acids is 1. The molecule has 0 aliphatic rings. The molecule has 0 saturated carbocycles. The Morgan fingerprint density at radius 3 is 2.50 bits per heavy atom. The van der Waals surface area contributed by atoms with Gasteiger partial charge in [0.25, 0.3) is 0 Å². The maximum atomic E-state index is 13.1. The van der Waals surface area contributed by atoms with E-state index in [0.717, 1.165) is 19.1 Å². The van der Waals surface area contributed by atoms with Crippen molar-refractivity contribution in [2.24, 2.45) is 0 Å². The summed E-state index contributed by atoms with van der Waals surface area (Å²) in [4.78, 5) is 10.9. The first-order valence-corrected chi connectivity index (χ1v) is 4.21. The lowest BCUT2D eigenvalue weighted by Crippen LogP contribution is -2.29. The summed E-state index contributed by atoms with van der Waals surface area (Å²) < 4.78 is 25.6. The van der Waals surface area contributed by atoms with Crippen LogP contribution in [0, 0.1) is 11.6 Å². The molecule has 0 heterocycles. The van der Waals surface area contributed by atoms with Crippen LogP contribution in [-0.4, -0.2) is 10.2 Å². The van der Waals surface area contributed by atoms with E-state index in [1.54, 1.807) is 0 Å². The number of halogens is 2. The summed E-state index contributed by atoms with van der Waals surface area (Å²) in [7, 11) is 0. The Morgan fingerprint density at radius 1 is 1.50 bits per heavy atom. The summed E-state index contributed by atoms with van der Waals surface area (Å²) in [5.41, 5.74) is -2.33. The van der Waals surface area contributed by atoms with Gasteiger partial charge in [0.2, 0.25) is 5.12 Å². The molecule has 2 nitrogen and oxygen atoms in total. The van der Waals surface area contributed by atoms with Gasteiger partial charge < -0.3 is 5.11 Å². The molecule has 1 rings (SSSR count). The van der Waals surface area contributed by atoms with E-state index in [9.17, 15) is 18.7 Å². The lowest BCUT2D eigenvalue weighted by molar-refractivity contribution is -0.127. The lowest BCUT2D eigenvalue weighted by Gasteiger charge is -2.19. The molecule has 0 aromatic heterocycles. The molecule has 5 heteroatoms. The average Bonchev–Trinajstić information content (AvgIpc) is 2.02. The predicted molar refractivity (Wildman–Crippen MR) is 49.9 cm³/mol. The Labute approximate surface area is 85.0 Å². The first-order chi connectivity index (χ1) is 6.35. The van der Waals surface area contributed by atoms with Crippen LogP contribution in [0.3, 0.4) is 0 Å². The van der Waals surface area contributed by atoms with Crippen LogP contribution >= 0.6 is 12.6 Å². The number of hydrogen-bond donors (Lipinski definition) is 2. The van der Waals surface area contributed by atoms with Gasteiger partial charge in [-0.1, -0.05) is 0 Å². The van der Waals surface area contributed by atoms with Crippen molar-refractivity contribution in [1.29, 1.82) is 0 Å². The molecule has 0 aliphatic heterocycles. The Balaban J connectivity index is 3.26. The van der Waals surface area contributed by atoms with Gasteiger partial charge in [0.1, 0.15) is 11.6 Å². The predicted octanol–water partition coefficient (Wildman–Crippen LogP) is 1.63. The van der Waals surface area contributed by atoms with Crippen molar-refractivity contribution in [3.63, 3.8) is 0 Å². The van der Waals surface area contributed by atoms with Crippen molar-refractivity contribution in [3.05, 3.63) is 35.4 Å². The lowest BCUT2D eigenvalue weighted by atomic mass is 9.97. The highest BCUT2D eigenvalue weighted by molar-refractivity contribution is 7.96. The van der Waals surface area contributed by atoms with Gasteiger partial charge >= 0.3 is 0 Å². The highest BCUT2D eigenvalue weighted by atomic mass is 32.1. The number of rotatable bonds is 2. The van der Waals surface area contributed by atoms with E-state index in [1.165, 1.54) is 0 Å². The van der Waals surface area contributed by atoms with Crippen molar-refractivity contribution in [3.8, 4) is 0 Å². The second-order valence-corrected chi connectivity index (χ2v) is 3.41. The average molecular weight is 218 g/mol. The Morgan fingerprint density at radius 2 is 2.07 bits per heavy atom. The zero-order valence-electron chi connectivity index (χ0n) is 7.29. The van der Waals surface area contributed by atoms with Gasteiger partial charge in [-0.15, -0.1) is 12.6 Å². The third kappa shape index (κ3) is 1.93. The summed E-state index contributed by atoms with van der Waals surface area (Å²) in [6, 6.07) is 2.57. The van der Waals surface area contributed by atoms with Gasteiger partial charge in [-0.05, 0) is 19.1 Å². The van der Waals surface area contributed by atoms with E-state index in [2.05, 4.69) is 12.6 Å². The summed E-state index contributed by atoms with van der Waals surface area (Å²) in [6.45, 7) is 1.10. The zero-order valence-corrected chi connectivity index (χ0v) is 8.19. The summed E-state index contributed by atoms with van der Waals surface area (Å²) in [5.74, 6) is -1.74. The van der Waals surface area contributed by atoms with Gasteiger partial charge in [-0.25, -0.2) is 8.78 Å². The van der Waals surface area contributed by atoms with Crippen LogP contribution in [0.4, 0.5) is 8.78 Å². The van der Waals surface area contributed by atoms with Crippen molar-refractivity contribution in [2.45, 2.75) is 12.5 Å². The van der Waals surface area contributed by atoms with Gasteiger partial charge in [-0.2, -0.15) is 0 Å². The molecule has 1 unspecified atom stereocenters. The van der Waals surface area contributed by atoms with E-state index in [0.29, 0.717) is 6.07 Å². The van der Waals surface area contributed by atoms with Gasteiger partial charge in [-0.3, -0.25) is 4.79 Å². The van der Waals surface area contributed by atoms with E-state index in [1.807, 2.05) is 0 Å². The molecule has 0 amide bonds. The summed E-state index contributed by atoms with van der Waals surface area (Å²) >= 11 is 3.41. The fourth-order valence-electron chi connectivity index (χ4n) is 0.999. The highest BCUT2D eigenvalue weighted by Gasteiger charge is 2.32. The van der Waals surface area contributed by atoms with Crippen LogP contribution in [0.15, 0.2) is 18.2 Å². The van der Waals surface area contributed by atoms with Crippen molar-refractivity contribution < 1.29 is 18.7 Å². The summed E-state index contributed by atoms with van der Waals surface area (Å²) in [5, 5.41) is 8.65.